The van der Waals surface area contributed by atoms with Gasteiger partial charge in [0.2, 0.25) is 0 Å². The molecule has 1 aromatic heterocycles. The molecule has 1 aromatic rings. The van der Waals surface area contributed by atoms with Crippen LogP contribution in [0.4, 0.5) is 0 Å². The van der Waals surface area contributed by atoms with Crippen LogP contribution in [0.3, 0.4) is 0 Å². The first kappa shape index (κ1) is 11.1. The summed E-state index contributed by atoms with van der Waals surface area (Å²) in [6, 6.07) is 2.40. The van der Waals surface area contributed by atoms with E-state index in [9.17, 15) is 0 Å². The topological polar surface area (TPSA) is 37.8 Å². The Hall–Kier alpha value is -0.960. The number of nitrogens with zero attached hydrogens (tertiary/aromatic N) is 2. The average Bonchev–Trinajstić information content (AvgIpc) is 2.14. The minimum atomic E-state index is 0.285. The van der Waals surface area contributed by atoms with E-state index in [4.69, 9.17) is 0 Å². The number of nitrogens with one attached hydrogen (secondary N) is 1. The van der Waals surface area contributed by atoms with Crippen LogP contribution in [0.15, 0.2) is 18.6 Å². The van der Waals surface area contributed by atoms with Gasteiger partial charge in [-0.1, -0.05) is 20.8 Å². The second-order valence-electron chi connectivity index (χ2n) is 4.67. The van der Waals surface area contributed by atoms with Gasteiger partial charge < -0.3 is 5.32 Å². The summed E-state index contributed by atoms with van der Waals surface area (Å²) < 4.78 is 0. The second-order valence-corrected chi connectivity index (χ2v) is 4.67. The van der Waals surface area contributed by atoms with Crippen molar-refractivity contribution in [3.63, 3.8) is 0 Å². The molecule has 3 heteroatoms. The highest BCUT2D eigenvalue weighted by molar-refractivity contribution is 4.97. The van der Waals surface area contributed by atoms with Crippen molar-refractivity contribution in [2.24, 2.45) is 5.41 Å². The lowest BCUT2D eigenvalue weighted by atomic mass is 9.88. The number of hydrogen-bond donors (Lipinski definition) is 1. The monoisotopic (exact) mass is 193 g/mol. The summed E-state index contributed by atoms with van der Waals surface area (Å²) >= 11 is 0. The van der Waals surface area contributed by atoms with Crippen molar-refractivity contribution < 1.29 is 0 Å². The predicted molar refractivity (Wildman–Crippen MR) is 57.8 cm³/mol. The Morgan fingerprint density at radius 3 is 2.64 bits per heavy atom. The number of hydrogen-bond acceptors (Lipinski definition) is 3. The predicted octanol–water partition coefficient (Wildman–Crippen LogP) is 2.00. The lowest BCUT2D eigenvalue weighted by molar-refractivity contribution is 0.284. The van der Waals surface area contributed by atoms with Gasteiger partial charge in [0.1, 0.15) is 6.33 Å². The van der Waals surface area contributed by atoms with Gasteiger partial charge in [0.25, 0.3) is 0 Å². The van der Waals surface area contributed by atoms with Crippen molar-refractivity contribution >= 4 is 0 Å². The molecule has 0 saturated carbocycles. The van der Waals surface area contributed by atoms with E-state index < -0.39 is 0 Å². The molecule has 0 aliphatic heterocycles. The summed E-state index contributed by atoms with van der Waals surface area (Å²) in [4.78, 5) is 8.04. The largest absolute Gasteiger partial charge is 0.308 e. The Morgan fingerprint density at radius 2 is 2.14 bits per heavy atom. The van der Waals surface area contributed by atoms with Crippen LogP contribution in [0.2, 0.25) is 0 Å². The van der Waals surface area contributed by atoms with Crippen LogP contribution in [0.5, 0.6) is 0 Å². The number of rotatable bonds is 3. The molecule has 0 radical (unpaired) electrons. The van der Waals surface area contributed by atoms with Crippen molar-refractivity contribution in [3.05, 3.63) is 24.3 Å². The number of aromatic nitrogens is 2. The van der Waals surface area contributed by atoms with Gasteiger partial charge in [-0.2, -0.15) is 0 Å². The molecule has 1 heterocycles. The lowest BCUT2D eigenvalue weighted by Gasteiger charge is -2.28. The van der Waals surface area contributed by atoms with E-state index in [-0.39, 0.29) is 5.41 Å². The maximum Gasteiger partial charge on any atom is 0.115 e. The summed E-state index contributed by atoms with van der Waals surface area (Å²) in [5.74, 6) is 0. The molecule has 0 spiro atoms. The summed E-state index contributed by atoms with van der Waals surface area (Å²) in [5.41, 5.74) is 1.32. The first-order valence-corrected chi connectivity index (χ1v) is 4.98. The quantitative estimate of drug-likeness (QED) is 0.798. The van der Waals surface area contributed by atoms with E-state index in [1.807, 2.05) is 6.07 Å². The third-order valence-electron chi connectivity index (χ3n) is 2.53. The van der Waals surface area contributed by atoms with Crippen LogP contribution in [0.1, 0.15) is 33.4 Å². The minimum Gasteiger partial charge on any atom is -0.308 e. The van der Waals surface area contributed by atoms with Crippen molar-refractivity contribution in [3.8, 4) is 0 Å². The highest BCUT2D eigenvalue weighted by atomic mass is 14.9. The van der Waals surface area contributed by atoms with E-state index in [2.05, 4.69) is 43.0 Å². The highest BCUT2D eigenvalue weighted by Gasteiger charge is 2.18. The molecule has 0 aliphatic rings. The third-order valence-corrected chi connectivity index (χ3v) is 2.53. The van der Waals surface area contributed by atoms with E-state index in [0.717, 1.165) is 12.2 Å². The molecule has 0 aliphatic carbocycles. The van der Waals surface area contributed by atoms with Gasteiger partial charge in [0.05, 0.1) is 5.69 Å². The van der Waals surface area contributed by atoms with Gasteiger partial charge in [-0.15, -0.1) is 0 Å². The van der Waals surface area contributed by atoms with Crippen LogP contribution in [0, 0.1) is 5.41 Å². The van der Waals surface area contributed by atoms with Gasteiger partial charge in [0.15, 0.2) is 0 Å². The highest BCUT2D eigenvalue weighted by Crippen LogP contribution is 2.18. The fourth-order valence-electron chi connectivity index (χ4n) is 0.987. The van der Waals surface area contributed by atoms with Crippen LogP contribution < -0.4 is 5.32 Å². The molecule has 0 amide bonds. The third kappa shape index (κ3) is 3.42. The fraction of sp³-hybridized carbons (Fsp3) is 0.636. The molecule has 1 unspecified atom stereocenters. The molecule has 0 fully saturated rings. The van der Waals surface area contributed by atoms with E-state index in [1.165, 1.54) is 0 Å². The fourth-order valence-corrected chi connectivity index (χ4v) is 0.987. The van der Waals surface area contributed by atoms with Gasteiger partial charge >= 0.3 is 0 Å². The van der Waals surface area contributed by atoms with E-state index >= 15 is 0 Å². The Labute approximate surface area is 86.0 Å². The summed E-state index contributed by atoms with van der Waals surface area (Å²) in [5, 5.41) is 3.45. The SMILES string of the molecule is CC(NCc1ccncn1)C(C)(C)C. The second kappa shape index (κ2) is 4.51. The summed E-state index contributed by atoms with van der Waals surface area (Å²) in [6.07, 6.45) is 3.35. The first-order chi connectivity index (χ1) is 6.50. The Kier molecular flexibility index (Phi) is 3.58. The minimum absolute atomic E-state index is 0.285. The van der Waals surface area contributed by atoms with Gasteiger partial charge in [-0.05, 0) is 18.4 Å². The Morgan fingerprint density at radius 1 is 1.43 bits per heavy atom. The molecule has 0 aromatic carbocycles. The average molecular weight is 193 g/mol. The zero-order chi connectivity index (χ0) is 10.6. The van der Waals surface area contributed by atoms with Crippen molar-refractivity contribution in [1.29, 1.82) is 0 Å². The lowest BCUT2D eigenvalue weighted by Crippen LogP contribution is -2.37. The first-order valence-electron chi connectivity index (χ1n) is 4.98. The van der Waals surface area contributed by atoms with Gasteiger partial charge in [-0.25, -0.2) is 9.97 Å². The smallest absolute Gasteiger partial charge is 0.115 e. The molecular weight excluding hydrogens is 174 g/mol. The molecular formula is C11H19N3. The molecule has 78 valence electrons. The van der Waals surface area contributed by atoms with Crippen LogP contribution in [0.25, 0.3) is 0 Å². The Balaban J connectivity index is 2.42. The Bertz CT molecular complexity index is 264. The molecule has 0 bridgehead atoms. The standard InChI is InChI=1S/C11H19N3/c1-9(11(2,3)4)13-7-10-5-6-12-8-14-10/h5-6,8-9,13H,7H2,1-4H3. The molecule has 0 saturated heterocycles. The maximum absolute atomic E-state index is 4.16. The molecule has 1 atom stereocenters. The van der Waals surface area contributed by atoms with Gasteiger partial charge in [0, 0.05) is 18.8 Å². The van der Waals surface area contributed by atoms with Crippen molar-refractivity contribution in [2.75, 3.05) is 0 Å². The normalized spacial score (nSPS) is 14.0. The maximum atomic E-state index is 4.16. The van der Waals surface area contributed by atoms with Crippen molar-refractivity contribution in [2.45, 2.75) is 40.3 Å². The molecule has 1 rings (SSSR count). The molecule has 1 N–H and O–H groups in total. The molecule has 14 heavy (non-hydrogen) atoms. The van der Waals surface area contributed by atoms with Crippen LogP contribution in [-0.2, 0) is 6.54 Å². The van der Waals surface area contributed by atoms with Gasteiger partial charge in [-0.3, -0.25) is 0 Å². The van der Waals surface area contributed by atoms with Crippen molar-refractivity contribution in [1.82, 2.24) is 15.3 Å². The molecule has 3 nitrogen and oxygen atoms in total. The zero-order valence-electron chi connectivity index (χ0n) is 9.41. The van der Waals surface area contributed by atoms with Crippen LogP contribution in [-0.4, -0.2) is 16.0 Å². The summed E-state index contributed by atoms with van der Waals surface area (Å²) in [7, 11) is 0. The van der Waals surface area contributed by atoms with E-state index in [1.54, 1.807) is 12.5 Å². The summed E-state index contributed by atoms with van der Waals surface area (Å²) in [6.45, 7) is 9.68. The van der Waals surface area contributed by atoms with E-state index in [0.29, 0.717) is 6.04 Å². The zero-order valence-corrected chi connectivity index (χ0v) is 9.41. The van der Waals surface area contributed by atoms with Crippen LogP contribution >= 0.6 is 0 Å².